The van der Waals surface area contributed by atoms with E-state index in [2.05, 4.69) is 10.2 Å². The van der Waals surface area contributed by atoms with E-state index < -0.39 is 34.5 Å². The summed E-state index contributed by atoms with van der Waals surface area (Å²) in [6.45, 7) is 10.7. The van der Waals surface area contributed by atoms with Gasteiger partial charge in [-0.3, -0.25) is 9.59 Å². The Morgan fingerprint density at radius 2 is 1.84 bits per heavy atom. The molecule has 0 bridgehead atoms. The number of fused-ring (bicyclic) bond motifs is 1. The zero-order chi connectivity index (χ0) is 37.6. The molecule has 0 saturated heterocycles. The number of rotatable bonds is 21. The summed E-state index contributed by atoms with van der Waals surface area (Å²) >= 11 is 0. The maximum atomic E-state index is 13.9. The Morgan fingerprint density at radius 1 is 1.14 bits per heavy atom. The summed E-state index contributed by atoms with van der Waals surface area (Å²) in [5.74, 6) is -0.875. The van der Waals surface area contributed by atoms with Crippen molar-refractivity contribution in [3.63, 3.8) is 0 Å². The van der Waals surface area contributed by atoms with Crippen LogP contribution in [0.15, 0.2) is 48.5 Å². The minimum Gasteiger partial charge on any atom is -0.484 e. The predicted octanol–water partition coefficient (Wildman–Crippen LogP) is 5.05. The Morgan fingerprint density at radius 3 is 2.49 bits per heavy atom. The molecule has 14 nitrogen and oxygen atoms in total. The number of anilines is 1. The predicted molar refractivity (Wildman–Crippen MR) is 190 cm³/mol. The first-order valence-electron chi connectivity index (χ1n) is 17.5. The van der Waals surface area contributed by atoms with Crippen molar-refractivity contribution < 1.29 is 43.3 Å². The lowest BCUT2D eigenvalue weighted by Crippen LogP contribution is -2.48. The fourth-order valence-electron chi connectivity index (χ4n) is 6.06. The largest absolute Gasteiger partial charge is 0.484 e. The van der Waals surface area contributed by atoms with Gasteiger partial charge < -0.3 is 39.7 Å². The molecule has 0 spiro atoms. The van der Waals surface area contributed by atoms with Crippen LogP contribution in [0.3, 0.4) is 0 Å². The fraction of sp³-hybridized carbons (Fsp3) is 0.595. The van der Waals surface area contributed by atoms with E-state index >= 15 is 0 Å². The number of unbranched alkanes of at least 4 members (excludes halogenated alkanes) is 1. The lowest BCUT2D eigenvalue weighted by Gasteiger charge is -2.38. The molecule has 2 amide bonds. The van der Waals surface area contributed by atoms with Gasteiger partial charge in [-0.15, -0.1) is 10.1 Å². The molecule has 51 heavy (non-hydrogen) atoms. The van der Waals surface area contributed by atoms with E-state index in [4.69, 9.17) is 24.7 Å². The van der Waals surface area contributed by atoms with Crippen LogP contribution in [-0.2, 0) is 35.2 Å². The molecule has 14 heteroatoms. The van der Waals surface area contributed by atoms with Crippen molar-refractivity contribution in [1.82, 2.24) is 5.32 Å². The van der Waals surface area contributed by atoms with Crippen LogP contribution in [0.4, 0.5) is 5.69 Å². The first-order valence-corrected chi connectivity index (χ1v) is 17.5. The van der Waals surface area contributed by atoms with Crippen LogP contribution in [0.1, 0.15) is 82.6 Å². The van der Waals surface area contributed by atoms with E-state index in [1.54, 1.807) is 17.0 Å². The van der Waals surface area contributed by atoms with Gasteiger partial charge in [0.2, 0.25) is 11.8 Å². The molecule has 1 unspecified atom stereocenters. The van der Waals surface area contributed by atoms with Gasteiger partial charge in [-0.05, 0) is 60.4 Å². The minimum absolute atomic E-state index is 0.0716. The molecule has 3 rings (SSSR count). The van der Waals surface area contributed by atoms with Crippen LogP contribution in [0.5, 0.6) is 5.75 Å². The maximum absolute atomic E-state index is 13.9. The van der Waals surface area contributed by atoms with Crippen molar-refractivity contribution in [3.05, 3.63) is 69.8 Å². The number of benzene rings is 2. The quantitative estimate of drug-likeness (QED) is 0.0581. The number of carbonyl (C=O) groups excluding carboxylic acids is 3. The van der Waals surface area contributed by atoms with Crippen LogP contribution >= 0.6 is 0 Å². The number of ether oxygens (including phenoxy) is 4. The van der Waals surface area contributed by atoms with E-state index in [0.29, 0.717) is 36.5 Å². The molecule has 0 aromatic heterocycles. The van der Waals surface area contributed by atoms with Crippen LogP contribution < -0.4 is 20.7 Å². The normalized spacial score (nSPS) is 16.0. The number of para-hydroxylation sites is 2. The van der Waals surface area contributed by atoms with E-state index in [0.717, 1.165) is 12.8 Å². The molecule has 2 aromatic rings. The van der Waals surface area contributed by atoms with Crippen molar-refractivity contribution in [2.75, 3.05) is 38.5 Å². The number of methoxy groups -OCH3 is 1. The second-order valence-corrected chi connectivity index (χ2v) is 14.1. The highest BCUT2D eigenvalue weighted by Crippen LogP contribution is 2.37. The highest BCUT2D eigenvalue weighted by atomic mass is 16.9. The van der Waals surface area contributed by atoms with Crippen molar-refractivity contribution in [3.8, 4) is 5.75 Å². The highest BCUT2D eigenvalue weighted by Gasteiger charge is 2.37. The molecule has 1 aliphatic heterocycles. The molecule has 1 heterocycles. The SMILES string of the molecule is CCCCNC(=O)[C@H](C[C@H](OC(=O)c1ccc(CO[N+](=O)[O-])cc1)C(N)CC(C)(C)CC(=O)N1C[C@H](COCOC)Oc2ccccc21)C(C)C. The Hall–Kier alpha value is -4.27. The summed E-state index contributed by atoms with van der Waals surface area (Å²) in [5, 5.41) is 12.7. The molecule has 0 saturated carbocycles. The van der Waals surface area contributed by atoms with Gasteiger partial charge in [-0.2, -0.15) is 0 Å². The number of nitrogens with two attached hydrogens (primary N) is 1. The molecule has 2 aromatic carbocycles. The molecule has 282 valence electrons. The number of esters is 1. The molecule has 0 radical (unpaired) electrons. The summed E-state index contributed by atoms with van der Waals surface area (Å²) in [6.07, 6.45) is 1.15. The van der Waals surface area contributed by atoms with E-state index in [9.17, 15) is 24.5 Å². The van der Waals surface area contributed by atoms with Gasteiger partial charge in [0.25, 0.3) is 5.09 Å². The van der Waals surface area contributed by atoms with E-state index in [-0.39, 0.29) is 62.2 Å². The first-order chi connectivity index (χ1) is 24.2. The van der Waals surface area contributed by atoms with Gasteiger partial charge >= 0.3 is 5.97 Å². The molecule has 1 aliphatic rings. The third-order valence-electron chi connectivity index (χ3n) is 8.78. The van der Waals surface area contributed by atoms with Crippen molar-refractivity contribution in [2.45, 2.75) is 91.6 Å². The van der Waals surface area contributed by atoms with Gasteiger partial charge in [0, 0.05) is 32.0 Å². The van der Waals surface area contributed by atoms with E-state index in [1.165, 1.54) is 19.2 Å². The standard InChI is InChI=1S/C37H54N4O10/c1-7-8-17-39-35(43)29(25(2)3)18-33(51-36(44)27-15-13-26(14-16-27)22-49-41(45)46)30(38)19-37(4,5)20-34(42)40-21-28(23-48-24-47-6)50-32-12-10-9-11-31(32)40/h9-16,25,28-30,33H,7-8,17-24,38H2,1-6H3,(H,39,43)/t28-,29-,30?,33+/m1/s1. The van der Waals surface area contributed by atoms with Crippen LogP contribution in [0, 0.1) is 27.4 Å². The minimum atomic E-state index is -0.886. The topological polar surface area (TPSA) is 182 Å². The molecule has 0 aliphatic carbocycles. The summed E-state index contributed by atoms with van der Waals surface area (Å²) < 4.78 is 22.6. The summed E-state index contributed by atoms with van der Waals surface area (Å²) in [5.41, 5.74) is 7.61. The zero-order valence-corrected chi connectivity index (χ0v) is 30.6. The smallest absolute Gasteiger partial charge is 0.338 e. The van der Waals surface area contributed by atoms with Gasteiger partial charge in [0.15, 0.2) is 0 Å². The molecular weight excluding hydrogens is 660 g/mol. The Kier molecular flexibility index (Phi) is 16.1. The molecule has 4 atom stereocenters. The average molecular weight is 715 g/mol. The Balaban J connectivity index is 1.80. The van der Waals surface area contributed by atoms with Gasteiger partial charge in [-0.1, -0.05) is 65.3 Å². The third-order valence-corrected chi connectivity index (χ3v) is 8.78. The highest BCUT2D eigenvalue weighted by molar-refractivity contribution is 5.95. The average Bonchev–Trinajstić information content (AvgIpc) is 3.08. The van der Waals surface area contributed by atoms with Crippen molar-refractivity contribution in [2.24, 2.45) is 23.0 Å². The zero-order valence-electron chi connectivity index (χ0n) is 30.6. The fourth-order valence-corrected chi connectivity index (χ4v) is 6.06. The van der Waals surface area contributed by atoms with Gasteiger partial charge in [0.1, 0.15) is 31.4 Å². The van der Waals surface area contributed by atoms with Gasteiger partial charge in [-0.25, -0.2) is 4.79 Å². The third kappa shape index (κ3) is 13.1. The number of carbonyl (C=O) groups is 3. The number of hydrogen-bond donors (Lipinski definition) is 2. The second kappa shape index (κ2) is 19.9. The van der Waals surface area contributed by atoms with Crippen molar-refractivity contribution in [1.29, 1.82) is 0 Å². The first kappa shape index (κ1) is 41.2. The monoisotopic (exact) mass is 714 g/mol. The lowest BCUT2D eigenvalue weighted by atomic mass is 9.78. The van der Waals surface area contributed by atoms with Crippen LogP contribution in [-0.4, -0.2) is 74.7 Å². The number of nitrogens with zero attached hydrogens (tertiary/aromatic N) is 2. The van der Waals surface area contributed by atoms with Crippen molar-refractivity contribution >= 4 is 23.5 Å². The maximum Gasteiger partial charge on any atom is 0.338 e. The Bertz CT molecular complexity index is 1430. The second-order valence-electron chi connectivity index (χ2n) is 14.1. The van der Waals surface area contributed by atoms with Crippen LogP contribution in [0.25, 0.3) is 0 Å². The van der Waals surface area contributed by atoms with Crippen LogP contribution in [0.2, 0.25) is 0 Å². The summed E-state index contributed by atoms with van der Waals surface area (Å²) in [4.78, 5) is 57.4. The number of nitrogens with one attached hydrogen (secondary N) is 1. The molecule has 3 N–H and O–H groups in total. The molecule has 0 fully saturated rings. The van der Waals surface area contributed by atoms with E-state index in [1.807, 2.05) is 58.9 Å². The summed E-state index contributed by atoms with van der Waals surface area (Å²) in [7, 11) is 1.54. The molecular formula is C37H54N4O10. The summed E-state index contributed by atoms with van der Waals surface area (Å²) in [6, 6.07) is 12.7. The Labute approximate surface area is 300 Å². The number of hydrogen-bond acceptors (Lipinski definition) is 11. The van der Waals surface area contributed by atoms with Gasteiger partial charge in [0.05, 0.1) is 24.4 Å². The lowest BCUT2D eigenvalue weighted by molar-refractivity contribution is -0.763. The number of amides is 2.